The SMILES string of the molecule is CCOC(=O)c1ccn2ccnc2c1-c1ccc2c(c1)OCO2. The van der Waals surface area contributed by atoms with E-state index in [0.717, 1.165) is 5.56 Å². The molecule has 116 valence electrons. The Morgan fingerprint density at radius 3 is 3.00 bits per heavy atom. The fourth-order valence-electron chi connectivity index (χ4n) is 2.70. The Kier molecular flexibility index (Phi) is 3.15. The number of carbonyl (C=O) groups excluding carboxylic acids is 1. The second-order valence-corrected chi connectivity index (χ2v) is 5.05. The van der Waals surface area contributed by atoms with Crippen molar-refractivity contribution in [2.45, 2.75) is 6.92 Å². The Morgan fingerprint density at radius 2 is 2.13 bits per heavy atom. The van der Waals surface area contributed by atoms with E-state index in [1.54, 1.807) is 25.4 Å². The third-order valence-electron chi connectivity index (χ3n) is 3.72. The number of imidazole rings is 1. The maximum atomic E-state index is 12.3. The van der Waals surface area contributed by atoms with Crippen molar-refractivity contribution in [1.29, 1.82) is 0 Å². The first-order valence-electron chi connectivity index (χ1n) is 7.30. The third-order valence-corrected chi connectivity index (χ3v) is 3.72. The maximum absolute atomic E-state index is 12.3. The van der Waals surface area contributed by atoms with Gasteiger partial charge in [-0.2, -0.15) is 0 Å². The molecule has 0 atom stereocenters. The molecule has 0 bridgehead atoms. The molecule has 2 aromatic heterocycles. The number of nitrogens with zero attached hydrogens (tertiary/aromatic N) is 2. The van der Waals surface area contributed by atoms with Gasteiger partial charge in [-0.25, -0.2) is 9.78 Å². The van der Waals surface area contributed by atoms with Crippen molar-refractivity contribution in [2.24, 2.45) is 0 Å². The number of aromatic nitrogens is 2. The summed E-state index contributed by atoms with van der Waals surface area (Å²) >= 11 is 0. The Balaban J connectivity index is 1.94. The summed E-state index contributed by atoms with van der Waals surface area (Å²) < 4.78 is 17.8. The molecule has 0 saturated heterocycles. The van der Waals surface area contributed by atoms with Crippen molar-refractivity contribution in [1.82, 2.24) is 9.38 Å². The van der Waals surface area contributed by atoms with E-state index in [2.05, 4.69) is 4.98 Å². The summed E-state index contributed by atoms with van der Waals surface area (Å²) in [7, 11) is 0. The zero-order valence-electron chi connectivity index (χ0n) is 12.5. The molecule has 1 aliphatic heterocycles. The summed E-state index contributed by atoms with van der Waals surface area (Å²) in [4.78, 5) is 16.7. The lowest BCUT2D eigenvalue weighted by atomic mass is 10.0. The van der Waals surface area contributed by atoms with Crippen LogP contribution in [0.1, 0.15) is 17.3 Å². The number of pyridine rings is 1. The first kappa shape index (κ1) is 13.6. The largest absolute Gasteiger partial charge is 0.462 e. The normalized spacial score (nSPS) is 12.6. The number of carbonyl (C=O) groups is 1. The van der Waals surface area contributed by atoms with E-state index in [1.165, 1.54) is 0 Å². The van der Waals surface area contributed by atoms with Gasteiger partial charge >= 0.3 is 5.97 Å². The molecule has 0 N–H and O–H groups in total. The van der Waals surface area contributed by atoms with Crippen LogP contribution in [-0.2, 0) is 4.74 Å². The maximum Gasteiger partial charge on any atom is 0.338 e. The summed E-state index contributed by atoms with van der Waals surface area (Å²) in [6.07, 6.45) is 5.33. The fraction of sp³-hybridized carbons (Fsp3) is 0.176. The number of esters is 1. The topological polar surface area (TPSA) is 62.1 Å². The van der Waals surface area contributed by atoms with Crippen LogP contribution in [0.4, 0.5) is 0 Å². The number of fused-ring (bicyclic) bond motifs is 2. The summed E-state index contributed by atoms with van der Waals surface area (Å²) in [5, 5.41) is 0. The van der Waals surface area contributed by atoms with Gasteiger partial charge in [0.1, 0.15) is 5.65 Å². The van der Waals surface area contributed by atoms with E-state index in [4.69, 9.17) is 14.2 Å². The first-order chi connectivity index (χ1) is 11.3. The number of rotatable bonds is 3. The monoisotopic (exact) mass is 310 g/mol. The average molecular weight is 310 g/mol. The van der Waals surface area contributed by atoms with E-state index in [1.807, 2.05) is 28.8 Å². The fourth-order valence-corrected chi connectivity index (χ4v) is 2.70. The van der Waals surface area contributed by atoms with E-state index in [-0.39, 0.29) is 12.8 Å². The molecule has 1 aliphatic rings. The predicted molar refractivity (Wildman–Crippen MR) is 82.7 cm³/mol. The minimum Gasteiger partial charge on any atom is -0.462 e. The molecule has 0 unspecified atom stereocenters. The lowest BCUT2D eigenvalue weighted by molar-refractivity contribution is 0.0527. The van der Waals surface area contributed by atoms with Crippen molar-refractivity contribution in [3.63, 3.8) is 0 Å². The van der Waals surface area contributed by atoms with E-state index in [9.17, 15) is 4.79 Å². The summed E-state index contributed by atoms with van der Waals surface area (Å²) in [6.45, 7) is 2.31. The smallest absolute Gasteiger partial charge is 0.338 e. The van der Waals surface area contributed by atoms with Crippen LogP contribution < -0.4 is 9.47 Å². The zero-order chi connectivity index (χ0) is 15.8. The molecule has 0 aliphatic carbocycles. The molecule has 3 aromatic rings. The minimum atomic E-state index is -0.370. The van der Waals surface area contributed by atoms with Gasteiger partial charge in [-0.3, -0.25) is 0 Å². The van der Waals surface area contributed by atoms with Crippen molar-refractivity contribution in [3.8, 4) is 22.6 Å². The summed E-state index contributed by atoms with van der Waals surface area (Å²) in [6, 6.07) is 7.32. The Bertz CT molecular complexity index is 901. The molecule has 0 spiro atoms. The van der Waals surface area contributed by atoms with Crippen LogP contribution in [0.15, 0.2) is 42.9 Å². The van der Waals surface area contributed by atoms with Gasteiger partial charge in [-0.15, -0.1) is 0 Å². The molecule has 0 fully saturated rings. The molecular formula is C17H14N2O4. The Hall–Kier alpha value is -3.02. The van der Waals surface area contributed by atoms with Gasteiger partial charge in [0.25, 0.3) is 0 Å². The van der Waals surface area contributed by atoms with Gasteiger partial charge in [-0.05, 0) is 30.7 Å². The highest BCUT2D eigenvalue weighted by Crippen LogP contribution is 2.38. The van der Waals surface area contributed by atoms with Crippen molar-refractivity contribution >= 4 is 11.6 Å². The van der Waals surface area contributed by atoms with Crippen LogP contribution in [0.25, 0.3) is 16.8 Å². The van der Waals surface area contributed by atoms with Crippen molar-refractivity contribution in [2.75, 3.05) is 13.4 Å². The lowest BCUT2D eigenvalue weighted by Crippen LogP contribution is -2.08. The van der Waals surface area contributed by atoms with E-state index < -0.39 is 0 Å². The van der Waals surface area contributed by atoms with Gasteiger partial charge in [-0.1, -0.05) is 6.07 Å². The van der Waals surface area contributed by atoms with Crippen LogP contribution in [-0.4, -0.2) is 28.8 Å². The van der Waals surface area contributed by atoms with Crippen LogP contribution >= 0.6 is 0 Å². The second kappa shape index (κ2) is 5.31. The van der Waals surface area contributed by atoms with E-state index >= 15 is 0 Å². The average Bonchev–Trinajstić information content (AvgIpc) is 3.22. The predicted octanol–water partition coefficient (Wildman–Crippen LogP) is 2.91. The number of benzene rings is 1. The molecule has 0 saturated carbocycles. The zero-order valence-corrected chi connectivity index (χ0v) is 12.5. The second-order valence-electron chi connectivity index (χ2n) is 5.05. The van der Waals surface area contributed by atoms with Gasteiger partial charge in [0.05, 0.1) is 12.2 Å². The summed E-state index contributed by atoms with van der Waals surface area (Å²) in [5.41, 5.74) is 2.71. The van der Waals surface area contributed by atoms with Crippen LogP contribution in [0, 0.1) is 0 Å². The molecule has 3 heterocycles. The quantitative estimate of drug-likeness (QED) is 0.696. The molecular weight excluding hydrogens is 296 g/mol. The molecule has 1 aromatic carbocycles. The van der Waals surface area contributed by atoms with Crippen molar-refractivity contribution < 1.29 is 19.0 Å². The minimum absolute atomic E-state index is 0.205. The molecule has 4 rings (SSSR count). The van der Waals surface area contributed by atoms with Crippen LogP contribution in [0.3, 0.4) is 0 Å². The van der Waals surface area contributed by atoms with Gasteiger partial charge in [0, 0.05) is 24.2 Å². The Labute approximate surface area is 132 Å². The highest BCUT2D eigenvalue weighted by atomic mass is 16.7. The summed E-state index contributed by atoms with van der Waals surface area (Å²) in [5.74, 6) is 0.985. The van der Waals surface area contributed by atoms with Gasteiger partial charge in [0.15, 0.2) is 11.5 Å². The van der Waals surface area contributed by atoms with Crippen molar-refractivity contribution in [3.05, 3.63) is 48.4 Å². The van der Waals surface area contributed by atoms with Crippen LogP contribution in [0.2, 0.25) is 0 Å². The standard InChI is InChI=1S/C17H14N2O4/c1-2-21-17(20)12-5-7-19-8-6-18-16(19)15(12)11-3-4-13-14(9-11)23-10-22-13/h3-9H,2,10H2,1H3. The van der Waals surface area contributed by atoms with Gasteiger partial charge < -0.3 is 18.6 Å². The molecule has 0 radical (unpaired) electrons. The third kappa shape index (κ3) is 2.19. The lowest BCUT2D eigenvalue weighted by Gasteiger charge is -2.11. The molecule has 6 nitrogen and oxygen atoms in total. The van der Waals surface area contributed by atoms with E-state index in [0.29, 0.717) is 34.9 Å². The number of hydrogen-bond acceptors (Lipinski definition) is 5. The van der Waals surface area contributed by atoms with Gasteiger partial charge in [0.2, 0.25) is 6.79 Å². The first-order valence-corrected chi connectivity index (χ1v) is 7.30. The molecule has 0 amide bonds. The molecule has 23 heavy (non-hydrogen) atoms. The number of ether oxygens (including phenoxy) is 3. The highest BCUT2D eigenvalue weighted by Gasteiger charge is 2.21. The Morgan fingerprint density at radius 1 is 1.26 bits per heavy atom. The highest BCUT2D eigenvalue weighted by molar-refractivity contribution is 6.01. The molecule has 6 heteroatoms. The number of hydrogen-bond donors (Lipinski definition) is 0. The van der Waals surface area contributed by atoms with Crippen LogP contribution in [0.5, 0.6) is 11.5 Å².